The summed E-state index contributed by atoms with van der Waals surface area (Å²) < 4.78 is 27.6. The summed E-state index contributed by atoms with van der Waals surface area (Å²) in [6.07, 6.45) is -0.277. The standard InChI is InChI=1S/C20H22BrF2N3O2/c21-14-2-1-3-16(8-14)26-7-6-13(12-26)10-24-20(28)25-11-19(27)17-5-4-15(22)9-18(17)23/h1-5,8-9,13,19,27H,6-7,10-12H2,(H2,24,25,28). The lowest BCUT2D eigenvalue weighted by molar-refractivity contribution is 0.168. The summed E-state index contributed by atoms with van der Waals surface area (Å²) in [7, 11) is 0. The number of carbonyl (C=O) groups excluding carboxylic acids is 1. The van der Waals surface area contributed by atoms with Crippen molar-refractivity contribution < 1.29 is 18.7 Å². The summed E-state index contributed by atoms with van der Waals surface area (Å²) in [5.74, 6) is -1.23. The van der Waals surface area contributed by atoms with Crippen LogP contribution in [0.25, 0.3) is 0 Å². The molecule has 0 radical (unpaired) electrons. The van der Waals surface area contributed by atoms with Crippen molar-refractivity contribution in [2.24, 2.45) is 5.92 Å². The van der Waals surface area contributed by atoms with E-state index in [1.165, 1.54) is 6.07 Å². The van der Waals surface area contributed by atoms with E-state index in [0.29, 0.717) is 18.5 Å². The smallest absolute Gasteiger partial charge is 0.314 e. The summed E-state index contributed by atoms with van der Waals surface area (Å²) in [5.41, 5.74) is 1.09. The SMILES string of the molecule is O=C(NCC1CCN(c2cccc(Br)c2)C1)NCC(O)c1ccc(F)cc1F. The topological polar surface area (TPSA) is 64.6 Å². The second-order valence-corrected chi connectivity index (χ2v) is 7.77. The fourth-order valence-corrected chi connectivity index (χ4v) is 3.66. The number of amides is 2. The lowest BCUT2D eigenvalue weighted by Crippen LogP contribution is -2.40. The highest BCUT2D eigenvalue weighted by Crippen LogP contribution is 2.26. The predicted octanol–water partition coefficient (Wildman–Crippen LogP) is 3.59. The molecule has 1 aliphatic heterocycles. The Morgan fingerprint density at radius 1 is 1.25 bits per heavy atom. The highest BCUT2D eigenvalue weighted by atomic mass is 79.9. The first kappa shape index (κ1) is 20.5. The Morgan fingerprint density at radius 3 is 2.82 bits per heavy atom. The molecule has 0 saturated carbocycles. The number of anilines is 1. The number of urea groups is 1. The first-order valence-corrected chi connectivity index (χ1v) is 9.87. The van der Waals surface area contributed by atoms with Gasteiger partial charge in [0.1, 0.15) is 11.6 Å². The zero-order valence-electron chi connectivity index (χ0n) is 15.2. The Morgan fingerprint density at radius 2 is 2.07 bits per heavy atom. The van der Waals surface area contributed by atoms with Crippen LogP contribution in [0.3, 0.4) is 0 Å². The molecule has 1 saturated heterocycles. The quantitative estimate of drug-likeness (QED) is 0.626. The molecule has 8 heteroatoms. The third-order valence-electron chi connectivity index (χ3n) is 4.79. The number of carbonyl (C=O) groups is 1. The molecule has 0 bridgehead atoms. The summed E-state index contributed by atoms with van der Waals surface area (Å²) in [6.45, 7) is 2.12. The first-order valence-electron chi connectivity index (χ1n) is 9.07. The number of aliphatic hydroxyl groups excluding tert-OH is 1. The van der Waals surface area contributed by atoms with E-state index >= 15 is 0 Å². The number of rotatable bonds is 6. The van der Waals surface area contributed by atoms with Crippen molar-refractivity contribution in [3.05, 3.63) is 64.1 Å². The third-order valence-corrected chi connectivity index (χ3v) is 5.28. The van der Waals surface area contributed by atoms with Crippen molar-refractivity contribution in [1.82, 2.24) is 10.6 Å². The van der Waals surface area contributed by atoms with Gasteiger partial charge in [-0.1, -0.05) is 28.1 Å². The van der Waals surface area contributed by atoms with Crippen LogP contribution in [0.1, 0.15) is 18.1 Å². The average molecular weight is 454 g/mol. The molecule has 2 amide bonds. The van der Waals surface area contributed by atoms with Crippen LogP contribution in [0.2, 0.25) is 0 Å². The number of nitrogens with one attached hydrogen (secondary N) is 2. The monoisotopic (exact) mass is 453 g/mol. The molecular weight excluding hydrogens is 432 g/mol. The molecule has 2 unspecified atom stereocenters. The molecule has 1 aliphatic rings. The normalized spacial score (nSPS) is 17.4. The lowest BCUT2D eigenvalue weighted by Gasteiger charge is -2.19. The van der Waals surface area contributed by atoms with Crippen molar-refractivity contribution in [3.63, 3.8) is 0 Å². The van der Waals surface area contributed by atoms with E-state index in [2.05, 4.69) is 43.6 Å². The highest BCUT2D eigenvalue weighted by molar-refractivity contribution is 9.10. The molecule has 2 atom stereocenters. The van der Waals surface area contributed by atoms with Gasteiger partial charge >= 0.3 is 6.03 Å². The highest BCUT2D eigenvalue weighted by Gasteiger charge is 2.23. The molecule has 28 heavy (non-hydrogen) atoms. The van der Waals surface area contributed by atoms with Gasteiger partial charge in [-0.2, -0.15) is 0 Å². The van der Waals surface area contributed by atoms with E-state index in [1.54, 1.807) is 0 Å². The van der Waals surface area contributed by atoms with E-state index in [4.69, 9.17) is 0 Å². The Kier molecular flexibility index (Phi) is 6.85. The van der Waals surface area contributed by atoms with Gasteiger partial charge in [0.2, 0.25) is 0 Å². The van der Waals surface area contributed by atoms with Gasteiger partial charge < -0.3 is 20.6 Å². The van der Waals surface area contributed by atoms with Crippen molar-refractivity contribution in [2.75, 3.05) is 31.1 Å². The molecule has 2 aromatic rings. The Hall–Kier alpha value is -2.19. The number of hydrogen-bond donors (Lipinski definition) is 3. The fourth-order valence-electron chi connectivity index (χ4n) is 3.28. The van der Waals surface area contributed by atoms with E-state index < -0.39 is 23.8 Å². The average Bonchev–Trinajstić information content (AvgIpc) is 3.13. The van der Waals surface area contributed by atoms with Crippen molar-refractivity contribution >= 4 is 27.6 Å². The second kappa shape index (κ2) is 9.34. The van der Waals surface area contributed by atoms with Gasteiger partial charge in [-0.15, -0.1) is 0 Å². The maximum atomic E-state index is 13.6. The number of halogens is 3. The number of nitrogens with zero attached hydrogens (tertiary/aromatic N) is 1. The van der Waals surface area contributed by atoms with Crippen LogP contribution in [0.4, 0.5) is 19.3 Å². The molecule has 1 heterocycles. The molecule has 150 valence electrons. The molecule has 2 aromatic carbocycles. The molecule has 5 nitrogen and oxygen atoms in total. The molecular formula is C20H22BrF2N3O2. The Balaban J connectivity index is 1.41. The fraction of sp³-hybridized carbons (Fsp3) is 0.350. The number of aliphatic hydroxyl groups is 1. The summed E-state index contributed by atoms with van der Waals surface area (Å²) >= 11 is 3.47. The number of benzene rings is 2. The van der Waals surface area contributed by atoms with Gasteiger partial charge in [0, 0.05) is 48.0 Å². The summed E-state index contributed by atoms with van der Waals surface area (Å²) in [6, 6.07) is 10.6. The Labute approximate surface area is 170 Å². The van der Waals surface area contributed by atoms with Crippen LogP contribution in [0, 0.1) is 17.6 Å². The number of hydrogen-bond acceptors (Lipinski definition) is 3. The second-order valence-electron chi connectivity index (χ2n) is 6.85. The largest absolute Gasteiger partial charge is 0.386 e. The summed E-state index contributed by atoms with van der Waals surface area (Å²) in [5, 5.41) is 15.3. The van der Waals surface area contributed by atoms with Gasteiger partial charge in [-0.3, -0.25) is 0 Å². The van der Waals surface area contributed by atoms with Crippen LogP contribution >= 0.6 is 15.9 Å². The molecule has 0 spiro atoms. The first-order chi connectivity index (χ1) is 13.4. The third kappa shape index (κ3) is 5.42. The van der Waals surface area contributed by atoms with Gasteiger partial charge in [0.25, 0.3) is 0 Å². The van der Waals surface area contributed by atoms with Gasteiger partial charge in [0.15, 0.2) is 0 Å². The Bertz CT molecular complexity index is 837. The zero-order chi connectivity index (χ0) is 20.1. The van der Waals surface area contributed by atoms with Gasteiger partial charge in [-0.25, -0.2) is 13.6 Å². The van der Waals surface area contributed by atoms with E-state index in [0.717, 1.165) is 35.7 Å². The van der Waals surface area contributed by atoms with Crippen LogP contribution < -0.4 is 15.5 Å². The van der Waals surface area contributed by atoms with Crippen LogP contribution in [0.15, 0.2) is 46.9 Å². The summed E-state index contributed by atoms with van der Waals surface area (Å²) in [4.78, 5) is 14.2. The van der Waals surface area contributed by atoms with Gasteiger partial charge in [-0.05, 0) is 36.6 Å². The van der Waals surface area contributed by atoms with Gasteiger partial charge in [0.05, 0.1) is 6.10 Å². The van der Waals surface area contributed by atoms with Crippen LogP contribution in [-0.2, 0) is 0 Å². The van der Waals surface area contributed by atoms with E-state index in [9.17, 15) is 18.7 Å². The van der Waals surface area contributed by atoms with E-state index in [1.807, 2.05) is 12.1 Å². The molecule has 3 N–H and O–H groups in total. The minimum atomic E-state index is -1.25. The van der Waals surface area contributed by atoms with Crippen LogP contribution in [-0.4, -0.2) is 37.3 Å². The lowest BCUT2D eigenvalue weighted by atomic mass is 10.1. The molecule has 0 aromatic heterocycles. The van der Waals surface area contributed by atoms with Crippen molar-refractivity contribution in [1.29, 1.82) is 0 Å². The zero-order valence-corrected chi connectivity index (χ0v) is 16.8. The molecule has 0 aliphatic carbocycles. The minimum Gasteiger partial charge on any atom is -0.386 e. The predicted molar refractivity (Wildman–Crippen MR) is 107 cm³/mol. The van der Waals surface area contributed by atoms with E-state index in [-0.39, 0.29) is 12.1 Å². The molecule has 3 rings (SSSR count). The van der Waals surface area contributed by atoms with Crippen LogP contribution in [0.5, 0.6) is 0 Å². The van der Waals surface area contributed by atoms with Crippen molar-refractivity contribution in [2.45, 2.75) is 12.5 Å². The molecule has 1 fully saturated rings. The maximum Gasteiger partial charge on any atom is 0.314 e. The van der Waals surface area contributed by atoms with Crippen molar-refractivity contribution in [3.8, 4) is 0 Å². The minimum absolute atomic E-state index is 0.0536. The maximum absolute atomic E-state index is 13.6.